The Hall–Kier alpha value is -2.16. The van der Waals surface area contributed by atoms with Crippen LogP contribution in [0.4, 0.5) is 10.1 Å². The number of carbonyl (C=O) groups excluding carboxylic acids is 1. The number of halogens is 2. The third-order valence-corrected chi connectivity index (χ3v) is 6.54. The van der Waals surface area contributed by atoms with Crippen molar-refractivity contribution in [1.82, 2.24) is 4.31 Å². The zero-order valence-electron chi connectivity index (χ0n) is 14.2. The fraction of sp³-hybridized carbons (Fsp3) is 0.278. The molecule has 2 aromatic carbocycles. The zero-order valence-corrected chi connectivity index (χ0v) is 15.8. The molecule has 1 atom stereocenters. The van der Waals surface area contributed by atoms with Gasteiger partial charge in [0.25, 0.3) is 0 Å². The van der Waals surface area contributed by atoms with Crippen LogP contribution < -0.4 is 5.32 Å². The summed E-state index contributed by atoms with van der Waals surface area (Å²) in [6, 6.07) is 8.86. The monoisotopic (exact) mass is 412 g/mol. The summed E-state index contributed by atoms with van der Waals surface area (Å²) in [6.07, 6.45) is 1.03. The topological polar surface area (TPSA) is 86.7 Å². The van der Waals surface area contributed by atoms with Crippen molar-refractivity contribution < 1.29 is 22.7 Å². The maximum Gasteiger partial charge on any atom is 0.243 e. The van der Waals surface area contributed by atoms with Gasteiger partial charge in [0.1, 0.15) is 11.6 Å². The Kier molecular flexibility index (Phi) is 5.69. The van der Waals surface area contributed by atoms with Crippen LogP contribution in [0.1, 0.15) is 12.8 Å². The van der Waals surface area contributed by atoms with Crippen LogP contribution in [0, 0.1) is 11.7 Å². The van der Waals surface area contributed by atoms with Gasteiger partial charge in [-0.2, -0.15) is 4.31 Å². The van der Waals surface area contributed by atoms with Crippen molar-refractivity contribution in [1.29, 1.82) is 0 Å². The van der Waals surface area contributed by atoms with Crippen molar-refractivity contribution in [3.8, 4) is 5.75 Å². The van der Waals surface area contributed by atoms with Crippen LogP contribution in [-0.4, -0.2) is 36.8 Å². The van der Waals surface area contributed by atoms with Crippen LogP contribution >= 0.6 is 11.6 Å². The smallest absolute Gasteiger partial charge is 0.243 e. The Labute approximate surface area is 161 Å². The van der Waals surface area contributed by atoms with Gasteiger partial charge in [0.2, 0.25) is 15.9 Å². The van der Waals surface area contributed by atoms with Crippen molar-refractivity contribution >= 4 is 33.2 Å². The average molecular weight is 413 g/mol. The molecule has 3 rings (SSSR count). The Balaban J connectivity index is 1.74. The van der Waals surface area contributed by atoms with E-state index >= 15 is 0 Å². The highest BCUT2D eigenvalue weighted by atomic mass is 35.5. The third-order valence-electron chi connectivity index (χ3n) is 4.42. The molecular formula is C18H18ClFN2O4S. The van der Waals surface area contributed by atoms with E-state index in [0.717, 1.165) is 12.1 Å². The molecule has 0 aliphatic carbocycles. The van der Waals surface area contributed by atoms with Crippen LogP contribution in [0.3, 0.4) is 0 Å². The number of piperidine rings is 1. The minimum atomic E-state index is -3.82. The number of carbonyl (C=O) groups is 1. The standard InChI is InChI=1S/C18H18ClFN2O4S/c19-13-3-8-17(23)16(10-13)21-18(24)12-2-1-9-22(11-12)27(25,26)15-6-4-14(20)5-7-15/h3-8,10,12,23H,1-2,9,11H2,(H,21,24). The number of aromatic hydroxyl groups is 1. The van der Waals surface area contributed by atoms with Gasteiger partial charge in [0.05, 0.1) is 16.5 Å². The van der Waals surface area contributed by atoms with E-state index in [2.05, 4.69) is 5.32 Å². The average Bonchev–Trinajstić information content (AvgIpc) is 2.65. The molecular weight excluding hydrogens is 395 g/mol. The molecule has 27 heavy (non-hydrogen) atoms. The molecule has 1 aliphatic heterocycles. The highest BCUT2D eigenvalue weighted by Crippen LogP contribution is 2.29. The van der Waals surface area contributed by atoms with E-state index in [1.165, 1.54) is 34.6 Å². The molecule has 1 unspecified atom stereocenters. The first kappa shape index (κ1) is 19.6. The van der Waals surface area contributed by atoms with Crippen molar-refractivity contribution in [3.63, 3.8) is 0 Å². The molecule has 1 saturated heterocycles. The lowest BCUT2D eigenvalue weighted by molar-refractivity contribution is -0.120. The van der Waals surface area contributed by atoms with Gasteiger partial charge in [-0.3, -0.25) is 4.79 Å². The fourth-order valence-corrected chi connectivity index (χ4v) is 4.67. The largest absolute Gasteiger partial charge is 0.506 e. The Morgan fingerprint density at radius 3 is 2.63 bits per heavy atom. The fourth-order valence-electron chi connectivity index (χ4n) is 2.97. The lowest BCUT2D eigenvalue weighted by atomic mass is 9.98. The van der Waals surface area contributed by atoms with E-state index < -0.39 is 27.7 Å². The van der Waals surface area contributed by atoms with Crippen molar-refractivity contribution in [2.75, 3.05) is 18.4 Å². The summed E-state index contributed by atoms with van der Waals surface area (Å²) in [5, 5.41) is 12.8. The minimum Gasteiger partial charge on any atom is -0.506 e. The van der Waals surface area contributed by atoms with Crippen LogP contribution in [0.5, 0.6) is 5.75 Å². The van der Waals surface area contributed by atoms with Crippen molar-refractivity contribution in [3.05, 3.63) is 53.3 Å². The maximum atomic E-state index is 13.1. The maximum absolute atomic E-state index is 13.1. The second kappa shape index (κ2) is 7.84. The van der Waals surface area contributed by atoms with Gasteiger partial charge in [0.15, 0.2) is 0 Å². The minimum absolute atomic E-state index is 0.00682. The number of hydrogen-bond acceptors (Lipinski definition) is 4. The highest BCUT2D eigenvalue weighted by Gasteiger charge is 2.33. The molecule has 2 aromatic rings. The lowest BCUT2D eigenvalue weighted by Gasteiger charge is -2.31. The van der Waals surface area contributed by atoms with E-state index in [1.54, 1.807) is 0 Å². The van der Waals surface area contributed by atoms with Crippen molar-refractivity contribution in [2.45, 2.75) is 17.7 Å². The summed E-state index contributed by atoms with van der Waals surface area (Å²) in [5.74, 6) is -1.62. The van der Waals surface area contributed by atoms with Gasteiger partial charge in [0, 0.05) is 18.1 Å². The second-order valence-corrected chi connectivity index (χ2v) is 8.68. The first-order valence-electron chi connectivity index (χ1n) is 8.32. The summed E-state index contributed by atoms with van der Waals surface area (Å²) >= 11 is 5.87. The SMILES string of the molecule is O=C(Nc1cc(Cl)ccc1O)C1CCCN(S(=O)(=O)c2ccc(F)cc2)C1. The van der Waals surface area contributed by atoms with E-state index in [9.17, 15) is 22.7 Å². The van der Waals surface area contributed by atoms with Crippen LogP contribution in [0.15, 0.2) is 47.4 Å². The van der Waals surface area contributed by atoms with Gasteiger partial charge in [-0.15, -0.1) is 0 Å². The van der Waals surface area contributed by atoms with Crippen LogP contribution in [-0.2, 0) is 14.8 Å². The number of phenols is 1. The summed E-state index contributed by atoms with van der Waals surface area (Å²) in [4.78, 5) is 12.5. The molecule has 9 heteroatoms. The van der Waals surface area contributed by atoms with E-state index in [1.807, 2.05) is 0 Å². The summed E-state index contributed by atoms with van der Waals surface area (Å²) in [6.45, 7) is 0.290. The number of nitrogens with one attached hydrogen (secondary N) is 1. The number of phenolic OH excluding ortho intramolecular Hbond substituents is 1. The molecule has 0 saturated carbocycles. The summed E-state index contributed by atoms with van der Waals surface area (Å²) in [7, 11) is -3.82. The van der Waals surface area contributed by atoms with Gasteiger partial charge in [-0.1, -0.05) is 11.6 Å². The molecule has 0 bridgehead atoms. The van der Waals surface area contributed by atoms with Gasteiger partial charge < -0.3 is 10.4 Å². The van der Waals surface area contributed by atoms with E-state index in [-0.39, 0.29) is 29.4 Å². The first-order valence-corrected chi connectivity index (χ1v) is 10.1. The highest BCUT2D eigenvalue weighted by molar-refractivity contribution is 7.89. The number of hydrogen-bond donors (Lipinski definition) is 2. The van der Waals surface area contributed by atoms with Gasteiger partial charge >= 0.3 is 0 Å². The molecule has 2 N–H and O–H groups in total. The molecule has 1 amide bonds. The van der Waals surface area contributed by atoms with E-state index in [4.69, 9.17) is 11.6 Å². The first-order chi connectivity index (χ1) is 12.8. The van der Waals surface area contributed by atoms with Gasteiger partial charge in [-0.25, -0.2) is 12.8 Å². The Morgan fingerprint density at radius 1 is 1.22 bits per heavy atom. The summed E-state index contributed by atoms with van der Waals surface area (Å²) in [5.41, 5.74) is 0.172. The van der Waals surface area contributed by atoms with Crippen LogP contribution in [0.2, 0.25) is 5.02 Å². The quantitative estimate of drug-likeness (QED) is 0.755. The predicted octanol–water partition coefficient (Wildman–Crippen LogP) is 3.22. The number of anilines is 1. The molecule has 0 aromatic heterocycles. The molecule has 6 nitrogen and oxygen atoms in total. The lowest BCUT2D eigenvalue weighted by Crippen LogP contribution is -2.43. The Morgan fingerprint density at radius 2 is 1.93 bits per heavy atom. The van der Waals surface area contributed by atoms with Crippen molar-refractivity contribution in [2.24, 2.45) is 5.92 Å². The Bertz CT molecular complexity index is 950. The van der Waals surface area contributed by atoms with Gasteiger partial charge in [-0.05, 0) is 55.3 Å². The third kappa shape index (κ3) is 4.40. The number of nitrogens with zero attached hydrogens (tertiary/aromatic N) is 1. The molecule has 1 fully saturated rings. The number of benzene rings is 2. The predicted molar refractivity (Wildman–Crippen MR) is 99.6 cm³/mol. The molecule has 0 spiro atoms. The van der Waals surface area contributed by atoms with Crippen LogP contribution in [0.25, 0.3) is 0 Å². The molecule has 144 valence electrons. The number of amides is 1. The normalized spacial score (nSPS) is 18.2. The van der Waals surface area contributed by atoms with E-state index in [0.29, 0.717) is 17.9 Å². The number of sulfonamides is 1. The molecule has 1 heterocycles. The molecule has 0 radical (unpaired) electrons. The number of rotatable bonds is 4. The summed E-state index contributed by atoms with van der Waals surface area (Å²) < 4.78 is 39.8. The molecule has 1 aliphatic rings. The second-order valence-electron chi connectivity index (χ2n) is 6.31. The zero-order chi connectivity index (χ0) is 19.6.